The van der Waals surface area contributed by atoms with Crippen molar-refractivity contribution in [3.05, 3.63) is 23.8 Å². The van der Waals surface area contributed by atoms with Crippen LogP contribution < -0.4 is 9.47 Å². The summed E-state index contributed by atoms with van der Waals surface area (Å²) in [7, 11) is 0. The number of aliphatic hydroxyl groups excluding tert-OH is 1. The molecule has 0 amide bonds. The molecule has 1 aromatic carbocycles. The van der Waals surface area contributed by atoms with Crippen molar-refractivity contribution in [1.29, 1.82) is 0 Å². The molecule has 1 unspecified atom stereocenters. The molecule has 2 heterocycles. The minimum Gasteiger partial charge on any atom is -0.486 e. The van der Waals surface area contributed by atoms with Crippen molar-refractivity contribution in [2.24, 2.45) is 0 Å². The van der Waals surface area contributed by atoms with Crippen molar-refractivity contribution in [3.8, 4) is 11.5 Å². The molecule has 18 heavy (non-hydrogen) atoms. The zero-order valence-electron chi connectivity index (χ0n) is 10.0. The van der Waals surface area contributed by atoms with Gasteiger partial charge >= 0.3 is 0 Å². The monoisotopic (exact) mass is 252 g/mol. The van der Waals surface area contributed by atoms with E-state index in [4.69, 9.17) is 18.9 Å². The van der Waals surface area contributed by atoms with Gasteiger partial charge < -0.3 is 24.1 Å². The van der Waals surface area contributed by atoms with Gasteiger partial charge in [-0.15, -0.1) is 0 Å². The average Bonchev–Trinajstić information content (AvgIpc) is 2.36. The highest BCUT2D eigenvalue weighted by Crippen LogP contribution is 2.32. The maximum Gasteiger partial charge on any atom is 0.161 e. The zero-order valence-corrected chi connectivity index (χ0v) is 10.0. The van der Waals surface area contributed by atoms with E-state index >= 15 is 0 Å². The van der Waals surface area contributed by atoms with E-state index in [1.54, 1.807) is 6.07 Å². The molecule has 2 aliphatic rings. The lowest BCUT2D eigenvalue weighted by molar-refractivity contribution is -0.143. The Balaban J connectivity index is 1.63. The van der Waals surface area contributed by atoms with E-state index in [1.807, 2.05) is 12.1 Å². The first-order valence-electron chi connectivity index (χ1n) is 6.10. The first-order valence-corrected chi connectivity index (χ1v) is 6.10. The summed E-state index contributed by atoms with van der Waals surface area (Å²) in [6.45, 7) is 2.62. The van der Waals surface area contributed by atoms with Crippen molar-refractivity contribution >= 4 is 0 Å². The van der Waals surface area contributed by atoms with Gasteiger partial charge in [-0.05, 0) is 17.7 Å². The summed E-state index contributed by atoms with van der Waals surface area (Å²) >= 11 is 0. The van der Waals surface area contributed by atoms with Gasteiger partial charge in [0, 0.05) is 0 Å². The SMILES string of the molecule is OC(COC1COC1)c1ccc2c(c1)OCCO2. The van der Waals surface area contributed by atoms with Crippen molar-refractivity contribution in [3.63, 3.8) is 0 Å². The van der Waals surface area contributed by atoms with Gasteiger partial charge in [-0.25, -0.2) is 0 Å². The zero-order chi connectivity index (χ0) is 12.4. The summed E-state index contributed by atoms with van der Waals surface area (Å²) in [5.41, 5.74) is 0.777. The van der Waals surface area contributed by atoms with Gasteiger partial charge in [0.1, 0.15) is 25.4 Å². The van der Waals surface area contributed by atoms with E-state index in [9.17, 15) is 5.11 Å². The quantitative estimate of drug-likeness (QED) is 0.863. The molecule has 1 N–H and O–H groups in total. The molecule has 0 aromatic heterocycles. The standard InChI is InChI=1S/C13H16O5/c14-11(8-18-10-6-15-7-10)9-1-2-12-13(5-9)17-4-3-16-12/h1-2,5,10-11,14H,3-4,6-8H2. The minimum absolute atomic E-state index is 0.122. The van der Waals surface area contributed by atoms with E-state index in [2.05, 4.69) is 0 Å². The highest BCUT2D eigenvalue weighted by Gasteiger charge is 2.21. The summed E-state index contributed by atoms with van der Waals surface area (Å²) in [5, 5.41) is 10.0. The number of aliphatic hydroxyl groups is 1. The largest absolute Gasteiger partial charge is 0.486 e. The molecular weight excluding hydrogens is 236 g/mol. The molecule has 0 saturated carbocycles. The lowest BCUT2D eigenvalue weighted by Gasteiger charge is -2.27. The van der Waals surface area contributed by atoms with Crippen LogP contribution in [0.4, 0.5) is 0 Å². The number of fused-ring (bicyclic) bond motifs is 1. The maximum atomic E-state index is 10.0. The van der Waals surface area contributed by atoms with Crippen molar-refractivity contribution in [2.45, 2.75) is 12.2 Å². The third-order valence-electron chi connectivity index (χ3n) is 3.05. The second kappa shape index (κ2) is 5.14. The fourth-order valence-electron chi connectivity index (χ4n) is 1.90. The Labute approximate surface area is 105 Å². The normalized spacial score (nSPS) is 20.3. The fraction of sp³-hybridized carbons (Fsp3) is 0.538. The van der Waals surface area contributed by atoms with Crippen molar-refractivity contribution in [2.75, 3.05) is 33.0 Å². The molecule has 1 atom stereocenters. The van der Waals surface area contributed by atoms with E-state index in [0.29, 0.717) is 32.2 Å². The first-order chi connectivity index (χ1) is 8.83. The molecule has 5 heteroatoms. The third-order valence-corrected chi connectivity index (χ3v) is 3.05. The Morgan fingerprint density at radius 2 is 2.00 bits per heavy atom. The lowest BCUT2D eigenvalue weighted by atomic mass is 10.1. The summed E-state index contributed by atoms with van der Waals surface area (Å²) < 4.78 is 21.4. The van der Waals surface area contributed by atoms with E-state index in [-0.39, 0.29) is 12.7 Å². The van der Waals surface area contributed by atoms with Gasteiger partial charge in [0.25, 0.3) is 0 Å². The minimum atomic E-state index is -0.651. The Hall–Kier alpha value is -1.30. The van der Waals surface area contributed by atoms with E-state index in [1.165, 1.54) is 0 Å². The third kappa shape index (κ3) is 2.43. The van der Waals surface area contributed by atoms with Crippen LogP contribution >= 0.6 is 0 Å². The van der Waals surface area contributed by atoms with Crippen LogP contribution in [0, 0.1) is 0 Å². The number of hydrogen-bond acceptors (Lipinski definition) is 5. The summed E-state index contributed by atoms with van der Waals surface area (Å²) in [5.74, 6) is 1.41. The smallest absolute Gasteiger partial charge is 0.161 e. The first kappa shape index (κ1) is 11.8. The molecule has 0 radical (unpaired) electrons. The molecule has 0 bridgehead atoms. The number of benzene rings is 1. The molecule has 1 saturated heterocycles. The Morgan fingerprint density at radius 3 is 2.72 bits per heavy atom. The Kier molecular flexibility index (Phi) is 3.36. The van der Waals surface area contributed by atoms with E-state index in [0.717, 1.165) is 11.3 Å². The maximum absolute atomic E-state index is 10.0. The molecule has 98 valence electrons. The number of rotatable bonds is 4. The van der Waals surface area contributed by atoms with Gasteiger partial charge in [-0.1, -0.05) is 6.07 Å². The second-order valence-corrected chi connectivity index (χ2v) is 4.41. The van der Waals surface area contributed by atoms with Gasteiger partial charge in [-0.3, -0.25) is 0 Å². The highest BCUT2D eigenvalue weighted by atomic mass is 16.6. The van der Waals surface area contributed by atoms with Crippen LogP contribution in [-0.4, -0.2) is 44.2 Å². The number of hydrogen-bond donors (Lipinski definition) is 1. The van der Waals surface area contributed by atoms with Crippen LogP contribution in [0.2, 0.25) is 0 Å². The molecule has 1 aromatic rings. The van der Waals surface area contributed by atoms with E-state index < -0.39 is 6.10 Å². The molecular formula is C13H16O5. The van der Waals surface area contributed by atoms with Gasteiger partial charge in [0.2, 0.25) is 0 Å². The summed E-state index contributed by atoms with van der Waals surface area (Å²) in [6, 6.07) is 5.46. The van der Waals surface area contributed by atoms with Crippen LogP contribution in [0.5, 0.6) is 11.5 Å². The van der Waals surface area contributed by atoms with Crippen LogP contribution in [0.25, 0.3) is 0 Å². The predicted octanol–water partition coefficient (Wildman–Crippen LogP) is 0.907. The molecule has 5 nitrogen and oxygen atoms in total. The predicted molar refractivity (Wildman–Crippen MR) is 63.0 cm³/mol. The highest BCUT2D eigenvalue weighted by molar-refractivity contribution is 5.44. The Bertz CT molecular complexity index is 416. The molecule has 2 aliphatic heterocycles. The van der Waals surface area contributed by atoms with Crippen LogP contribution in [0.1, 0.15) is 11.7 Å². The van der Waals surface area contributed by atoms with Gasteiger partial charge in [0.15, 0.2) is 11.5 Å². The van der Waals surface area contributed by atoms with Gasteiger partial charge in [0.05, 0.1) is 19.8 Å². The van der Waals surface area contributed by atoms with Crippen LogP contribution in [0.3, 0.4) is 0 Å². The summed E-state index contributed by atoms with van der Waals surface area (Å²) in [4.78, 5) is 0. The molecule has 0 aliphatic carbocycles. The summed E-state index contributed by atoms with van der Waals surface area (Å²) in [6.07, 6.45) is -0.529. The van der Waals surface area contributed by atoms with Crippen LogP contribution in [0.15, 0.2) is 18.2 Å². The second-order valence-electron chi connectivity index (χ2n) is 4.41. The molecule has 1 fully saturated rings. The molecule has 0 spiro atoms. The molecule has 3 rings (SSSR count). The topological polar surface area (TPSA) is 57.2 Å². The van der Waals surface area contributed by atoms with Crippen molar-refractivity contribution < 1.29 is 24.1 Å². The lowest BCUT2D eigenvalue weighted by Crippen LogP contribution is -2.37. The Morgan fingerprint density at radius 1 is 1.22 bits per heavy atom. The van der Waals surface area contributed by atoms with Crippen molar-refractivity contribution in [1.82, 2.24) is 0 Å². The van der Waals surface area contributed by atoms with Crippen LogP contribution in [-0.2, 0) is 9.47 Å². The average molecular weight is 252 g/mol. The fourth-order valence-corrected chi connectivity index (χ4v) is 1.90. The number of ether oxygens (including phenoxy) is 4. The van der Waals surface area contributed by atoms with Gasteiger partial charge in [-0.2, -0.15) is 0 Å².